The van der Waals surface area contributed by atoms with Gasteiger partial charge in [0.25, 0.3) is 0 Å². The molecule has 0 aromatic heterocycles. The third kappa shape index (κ3) is 8.83. The SMILES string of the molecule is Cl.NCCCC(=O)NCCC(=O)NC1CCCCC1. The molecule has 0 unspecified atom stereocenters. The Morgan fingerprint density at radius 3 is 2.37 bits per heavy atom. The van der Waals surface area contributed by atoms with Crippen LogP contribution in [0.2, 0.25) is 0 Å². The predicted octanol–water partition coefficient (Wildman–Crippen LogP) is 1.10. The highest BCUT2D eigenvalue weighted by Gasteiger charge is 2.15. The minimum absolute atomic E-state index is 0. The first-order valence-electron chi connectivity index (χ1n) is 6.98. The molecule has 0 aromatic rings. The van der Waals surface area contributed by atoms with E-state index >= 15 is 0 Å². The van der Waals surface area contributed by atoms with Crippen LogP contribution in [0.3, 0.4) is 0 Å². The second-order valence-corrected chi connectivity index (χ2v) is 4.89. The molecule has 0 heterocycles. The molecule has 1 aliphatic rings. The first kappa shape index (κ1) is 18.2. The van der Waals surface area contributed by atoms with E-state index in [1.165, 1.54) is 19.3 Å². The molecule has 5 nitrogen and oxygen atoms in total. The van der Waals surface area contributed by atoms with Gasteiger partial charge in [-0.25, -0.2) is 0 Å². The van der Waals surface area contributed by atoms with E-state index in [1.807, 2.05) is 0 Å². The van der Waals surface area contributed by atoms with E-state index in [0.717, 1.165) is 12.8 Å². The van der Waals surface area contributed by atoms with Gasteiger partial charge in [0.15, 0.2) is 0 Å². The summed E-state index contributed by atoms with van der Waals surface area (Å²) in [6.07, 6.45) is 7.39. The molecule has 0 aliphatic heterocycles. The molecule has 1 fully saturated rings. The molecule has 0 aromatic carbocycles. The number of carbonyl (C=O) groups excluding carboxylic acids is 2. The molecule has 0 atom stereocenters. The van der Waals surface area contributed by atoms with Crippen LogP contribution in [0.25, 0.3) is 0 Å². The smallest absolute Gasteiger partial charge is 0.221 e. The van der Waals surface area contributed by atoms with Gasteiger partial charge < -0.3 is 16.4 Å². The Labute approximate surface area is 121 Å². The lowest BCUT2D eigenvalue weighted by molar-refractivity contribution is -0.122. The molecule has 0 radical (unpaired) electrons. The number of amides is 2. The van der Waals surface area contributed by atoms with Crippen molar-refractivity contribution in [1.82, 2.24) is 10.6 Å². The maximum atomic E-state index is 11.6. The Balaban J connectivity index is 0.00000324. The number of nitrogens with two attached hydrogens (primary N) is 1. The third-order valence-electron chi connectivity index (χ3n) is 3.25. The van der Waals surface area contributed by atoms with Crippen LogP contribution in [0, 0.1) is 0 Å². The molecule has 6 heteroatoms. The van der Waals surface area contributed by atoms with Crippen molar-refractivity contribution in [1.29, 1.82) is 0 Å². The fourth-order valence-electron chi connectivity index (χ4n) is 2.21. The number of halogens is 1. The molecule has 0 saturated heterocycles. The summed E-state index contributed by atoms with van der Waals surface area (Å²) in [5.41, 5.74) is 5.31. The number of nitrogens with one attached hydrogen (secondary N) is 2. The summed E-state index contributed by atoms with van der Waals surface area (Å²) in [5.74, 6) is 0.0203. The van der Waals surface area contributed by atoms with Crippen molar-refractivity contribution in [2.45, 2.75) is 57.4 Å². The fraction of sp³-hybridized carbons (Fsp3) is 0.846. The second kappa shape index (κ2) is 11.1. The monoisotopic (exact) mass is 291 g/mol. The summed E-state index contributed by atoms with van der Waals surface area (Å²) in [4.78, 5) is 22.9. The molecule has 1 saturated carbocycles. The van der Waals surface area contributed by atoms with Crippen LogP contribution < -0.4 is 16.4 Å². The zero-order chi connectivity index (χ0) is 13.2. The van der Waals surface area contributed by atoms with Gasteiger partial charge in [-0.2, -0.15) is 0 Å². The minimum atomic E-state index is -0.0223. The Hall–Kier alpha value is -0.810. The lowest BCUT2D eigenvalue weighted by atomic mass is 9.95. The minimum Gasteiger partial charge on any atom is -0.356 e. The van der Waals surface area contributed by atoms with Crippen molar-refractivity contribution in [3.8, 4) is 0 Å². The summed E-state index contributed by atoms with van der Waals surface area (Å²) in [6.45, 7) is 0.942. The molecule has 0 spiro atoms. The Morgan fingerprint density at radius 1 is 1.05 bits per heavy atom. The topological polar surface area (TPSA) is 84.2 Å². The fourth-order valence-corrected chi connectivity index (χ4v) is 2.21. The van der Waals surface area contributed by atoms with Gasteiger partial charge in [-0.05, 0) is 25.8 Å². The molecule has 2 amide bonds. The van der Waals surface area contributed by atoms with Crippen LogP contribution in [-0.4, -0.2) is 30.9 Å². The summed E-state index contributed by atoms with van der Waals surface area (Å²) in [5, 5.41) is 5.76. The van der Waals surface area contributed by atoms with Crippen LogP contribution in [0.5, 0.6) is 0 Å². The van der Waals surface area contributed by atoms with Crippen molar-refractivity contribution in [3.05, 3.63) is 0 Å². The highest BCUT2D eigenvalue weighted by molar-refractivity contribution is 5.85. The molecule has 0 bridgehead atoms. The van der Waals surface area contributed by atoms with E-state index in [9.17, 15) is 9.59 Å². The highest BCUT2D eigenvalue weighted by atomic mass is 35.5. The normalized spacial score (nSPS) is 15.4. The van der Waals surface area contributed by atoms with Gasteiger partial charge in [0.2, 0.25) is 11.8 Å². The molecule has 1 rings (SSSR count). The Bertz CT molecular complexity index is 269. The number of rotatable bonds is 7. The summed E-state index contributed by atoms with van der Waals surface area (Å²) in [7, 11) is 0. The van der Waals surface area contributed by atoms with Crippen LogP contribution in [0.1, 0.15) is 51.4 Å². The number of carbonyl (C=O) groups is 2. The predicted molar refractivity (Wildman–Crippen MR) is 78.2 cm³/mol. The molecule has 112 valence electrons. The molecular formula is C13H26ClN3O2. The molecule has 19 heavy (non-hydrogen) atoms. The van der Waals surface area contributed by atoms with Crippen LogP contribution in [0.4, 0.5) is 0 Å². The van der Waals surface area contributed by atoms with Crippen molar-refractivity contribution in [2.75, 3.05) is 13.1 Å². The van der Waals surface area contributed by atoms with Crippen molar-refractivity contribution < 1.29 is 9.59 Å². The quantitative estimate of drug-likeness (QED) is 0.657. The standard InChI is InChI=1S/C13H25N3O2.ClH/c14-9-4-7-12(17)15-10-8-13(18)16-11-5-2-1-3-6-11;/h11H,1-10,14H2,(H,15,17)(H,16,18);1H. The zero-order valence-electron chi connectivity index (χ0n) is 11.5. The van der Waals surface area contributed by atoms with Gasteiger partial charge in [0.05, 0.1) is 0 Å². The highest BCUT2D eigenvalue weighted by Crippen LogP contribution is 2.17. The average Bonchev–Trinajstić information content (AvgIpc) is 2.37. The van der Waals surface area contributed by atoms with Gasteiger partial charge in [-0.3, -0.25) is 9.59 Å². The van der Waals surface area contributed by atoms with E-state index in [4.69, 9.17) is 5.73 Å². The van der Waals surface area contributed by atoms with E-state index in [0.29, 0.717) is 38.4 Å². The number of hydrogen-bond acceptors (Lipinski definition) is 3. The van der Waals surface area contributed by atoms with Gasteiger partial charge in [0, 0.05) is 25.4 Å². The first-order chi connectivity index (χ1) is 8.72. The van der Waals surface area contributed by atoms with Crippen molar-refractivity contribution in [2.24, 2.45) is 5.73 Å². The number of hydrogen-bond donors (Lipinski definition) is 3. The maximum absolute atomic E-state index is 11.6. The van der Waals surface area contributed by atoms with Crippen LogP contribution in [-0.2, 0) is 9.59 Å². The average molecular weight is 292 g/mol. The van der Waals surface area contributed by atoms with E-state index in [-0.39, 0.29) is 24.2 Å². The van der Waals surface area contributed by atoms with E-state index < -0.39 is 0 Å². The lowest BCUT2D eigenvalue weighted by Gasteiger charge is -2.22. The van der Waals surface area contributed by atoms with E-state index in [1.54, 1.807) is 0 Å². The third-order valence-corrected chi connectivity index (χ3v) is 3.25. The van der Waals surface area contributed by atoms with Crippen molar-refractivity contribution in [3.63, 3.8) is 0 Å². The van der Waals surface area contributed by atoms with Crippen LogP contribution >= 0.6 is 12.4 Å². The Morgan fingerprint density at radius 2 is 1.74 bits per heavy atom. The summed E-state index contributed by atoms with van der Waals surface area (Å²) >= 11 is 0. The van der Waals surface area contributed by atoms with Gasteiger partial charge >= 0.3 is 0 Å². The van der Waals surface area contributed by atoms with Crippen molar-refractivity contribution >= 4 is 24.2 Å². The van der Waals surface area contributed by atoms with Crippen LogP contribution in [0.15, 0.2) is 0 Å². The van der Waals surface area contributed by atoms with Gasteiger partial charge in [0.1, 0.15) is 0 Å². The second-order valence-electron chi connectivity index (χ2n) is 4.89. The van der Waals surface area contributed by atoms with Gasteiger partial charge in [-0.1, -0.05) is 19.3 Å². The molecule has 1 aliphatic carbocycles. The molecule has 4 N–H and O–H groups in total. The Kier molecular flexibility index (Phi) is 10.6. The largest absolute Gasteiger partial charge is 0.356 e. The maximum Gasteiger partial charge on any atom is 0.221 e. The first-order valence-corrected chi connectivity index (χ1v) is 6.98. The zero-order valence-corrected chi connectivity index (χ0v) is 12.3. The summed E-state index contributed by atoms with van der Waals surface area (Å²) in [6, 6.07) is 0.346. The van der Waals surface area contributed by atoms with Gasteiger partial charge in [-0.15, -0.1) is 12.4 Å². The molecular weight excluding hydrogens is 266 g/mol. The summed E-state index contributed by atoms with van der Waals surface area (Å²) < 4.78 is 0. The van der Waals surface area contributed by atoms with E-state index in [2.05, 4.69) is 10.6 Å². The lowest BCUT2D eigenvalue weighted by Crippen LogP contribution is -2.38.